The number of unbranched alkanes of at least 4 members (excludes halogenated alkanes) is 47. The van der Waals surface area contributed by atoms with E-state index in [1.54, 1.807) is 0 Å². The molecule has 0 bridgehead atoms. The van der Waals surface area contributed by atoms with Crippen LogP contribution in [0.2, 0.25) is 0 Å². The Morgan fingerprint density at radius 3 is 0.762 bits per heavy atom. The Balaban J connectivity index is 4.17. The van der Waals surface area contributed by atoms with Crippen LogP contribution in [0.25, 0.3) is 0 Å². The Labute approximate surface area is 498 Å². The van der Waals surface area contributed by atoms with Gasteiger partial charge in [0.1, 0.15) is 13.2 Å². The zero-order valence-corrected chi connectivity index (χ0v) is 53.9. The first-order valence-corrected chi connectivity index (χ1v) is 35.6. The summed E-state index contributed by atoms with van der Waals surface area (Å²) < 4.78 is 17.0. The Kier molecular flexibility index (Phi) is 66.6. The molecular weight excluding hydrogens is 985 g/mol. The summed E-state index contributed by atoms with van der Waals surface area (Å²) in [4.78, 5) is 38.4. The van der Waals surface area contributed by atoms with Crippen molar-refractivity contribution in [3.63, 3.8) is 0 Å². The highest BCUT2D eigenvalue weighted by Gasteiger charge is 2.19. The fourth-order valence-corrected chi connectivity index (χ4v) is 10.8. The summed E-state index contributed by atoms with van der Waals surface area (Å²) in [7, 11) is 0. The van der Waals surface area contributed by atoms with Gasteiger partial charge >= 0.3 is 17.9 Å². The monoisotopic (exact) mass is 1120 g/mol. The maximum atomic E-state index is 12.9. The second-order valence-electron chi connectivity index (χ2n) is 24.1. The molecule has 468 valence electrons. The van der Waals surface area contributed by atoms with Crippen LogP contribution in [-0.4, -0.2) is 37.2 Å². The minimum absolute atomic E-state index is 0.0654. The summed E-state index contributed by atoms with van der Waals surface area (Å²) in [6, 6.07) is 0. The molecule has 0 aliphatic heterocycles. The van der Waals surface area contributed by atoms with Gasteiger partial charge in [-0.05, 0) is 57.8 Å². The lowest BCUT2D eigenvalue weighted by Crippen LogP contribution is -2.30. The number of carbonyl (C=O) groups is 3. The molecule has 0 aromatic rings. The van der Waals surface area contributed by atoms with E-state index >= 15 is 0 Å². The summed E-state index contributed by atoms with van der Waals surface area (Å²) in [5.41, 5.74) is 0. The van der Waals surface area contributed by atoms with Crippen LogP contribution < -0.4 is 0 Å². The van der Waals surface area contributed by atoms with E-state index in [0.717, 1.165) is 83.5 Å². The maximum absolute atomic E-state index is 12.9. The van der Waals surface area contributed by atoms with E-state index < -0.39 is 6.10 Å². The molecule has 0 aromatic heterocycles. The van der Waals surface area contributed by atoms with Gasteiger partial charge in [-0.2, -0.15) is 0 Å². The van der Waals surface area contributed by atoms with Crippen LogP contribution in [0.4, 0.5) is 0 Å². The number of hydrogen-bond acceptors (Lipinski definition) is 6. The van der Waals surface area contributed by atoms with Gasteiger partial charge in [0.15, 0.2) is 6.10 Å². The van der Waals surface area contributed by atoms with Crippen molar-refractivity contribution < 1.29 is 28.6 Å². The lowest BCUT2D eigenvalue weighted by Gasteiger charge is -2.18. The van der Waals surface area contributed by atoms with Crippen molar-refractivity contribution in [2.45, 2.75) is 393 Å². The Morgan fingerprint density at radius 1 is 0.263 bits per heavy atom. The highest BCUT2D eigenvalue weighted by Crippen LogP contribution is 2.19. The highest BCUT2D eigenvalue weighted by atomic mass is 16.6. The zero-order chi connectivity index (χ0) is 57.8. The van der Waals surface area contributed by atoms with Gasteiger partial charge in [0.25, 0.3) is 0 Å². The quantitative estimate of drug-likeness (QED) is 0.0261. The first kappa shape index (κ1) is 77.4. The van der Waals surface area contributed by atoms with E-state index in [1.165, 1.54) is 263 Å². The van der Waals surface area contributed by atoms with E-state index in [0.29, 0.717) is 19.3 Å². The average molecular weight is 1120 g/mol. The van der Waals surface area contributed by atoms with Gasteiger partial charge in [-0.1, -0.05) is 358 Å². The van der Waals surface area contributed by atoms with Crippen molar-refractivity contribution in [3.05, 3.63) is 48.6 Å². The third kappa shape index (κ3) is 66.2. The third-order valence-electron chi connectivity index (χ3n) is 16.1. The van der Waals surface area contributed by atoms with Gasteiger partial charge < -0.3 is 14.2 Å². The SMILES string of the molecule is CC/C=C\C/C=C\C/C=C\C/C=C\CCCCCCCCCCCCCCCCCCC(=O)OCC(COC(=O)CCCCCCCCCCCCCC)OC(=O)CCCCCCCCCCCCCCCCCCCCCCC. The second-order valence-corrected chi connectivity index (χ2v) is 24.1. The van der Waals surface area contributed by atoms with Gasteiger partial charge in [-0.25, -0.2) is 0 Å². The Bertz CT molecular complexity index is 1380. The number of esters is 3. The molecule has 6 heteroatoms. The molecule has 0 saturated carbocycles. The number of carbonyl (C=O) groups excluding carboxylic acids is 3. The second kappa shape index (κ2) is 68.9. The molecule has 80 heavy (non-hydrogen) atoms. The molecule has 0 spiro atoms. The van der Waals surface area contributed by atoms with E-state index in [4.69, 9.17) is 14.2 Å². The zero-order valence-electron chi connectivity index (χ0n) is 53.9. The molecule has 0 amide bonds. The largest absolute Gasteiger partial charge is 0.462 e. The molecule has 0 heterocycles. The smallest absolute Gasteiger partial charge is 0.306 e. The molecule has 6 nitrogen and oxygen atoms in total. The van der Waals surface area contributed by atoms with Crippen LogP contribution in [0.1, 0.15) is 387 Å². The van der Waals surface area contributed by atoms with Crippen LogP contribution in [0.3, 0.4) is 0 Å². The molecule has 0 aliphatic carbocycles. The number of allylic oxidation sites excluding steroid dienone is 8. The lowest BCUT2D eigenvalue weighted by atomic mass is 10.0. The molecular formula is C74H136O6. The van der Waals surface area contributed by atoms with Crippen molar-refractivity contribution in [2.75, 3.05) is 13.2 Å². The van der Waals surface area contributed by atoms with Gasteiger partial charge in [-0.3, -0.25) is 14.4 Å². The average Bonchev–Trinajstić information content (AvgIpc) is 3.46. The molecule has 0 aliphatic rings. The Hall–Kier alpha value is -2.63. The van der Waals surface area contributed by atoms with E-state index in [2.05, 4.69) is 69.4 Å². The molecule has 1 unspecified atom stereocenters. The van der Waals surface area contributed by atoms with Crippen LogP contribution in [0.15, 0.2) is 48.6 Å². The van der Waals surface area contributed by atoms with Crippen molar-refractivity contribution in [3.8, 4) is 0 Å². The third-order valence-corrected chi connectivity index (χ3v) is 16.1. The Morgan fingerprint density at radius 2 is 0.487 bits per heavy atom. The van der Waals surface area contributed by atoms with Crippen molar-refractivity contribution in [1.82, 2.24) is 0 Å². The molecule has 0 radical (unpaired) electrons. The van der Waals surface area contributed by atoms with Crippen molar-refractivity contribution in [2.24, 2.45) is 0 Å². The van der Waals surface area contributed by atoms with Gasteiger partial charge in [0, 0.05) is 19.3 Å². The minimum Gasteiger partial charge on any atom is -0.462 e. The normalized spacial score (nSPS) is 12.3. The minimum atomic E-state index is -0.768. The number of rotatable bonds is 66. The topological polar surface area (TPSA) is 78.9 Å². The van der Waals surface area contributed by atoms with Crippen LogP contribution in [-0.2, 0) is 28.6 Å². The fraction of sp³-hybridized carbons (Fsp3) is 0.851. The molecule has 1 atom stereocenters. The summed E-state index contributed by atoms with van der Waals surface area (Å²) >= 11 is 0. The first-order chi connectivity index (χ1) is 39.5. The first-order valence-electron chi connectivity index (χ1n) is 35.6. The summed E-state index contributed by atoms with van der Waals surface area (Å²) in [5.74, 6) is -0.835. The predicted octanol–water partition coefficient (Wildman–Crippen LogP) is 24.5. The highest BCUT2D eigenvalue weighted by molar-refractivity contribution is 5.71. The van der Waals surface area contributed by atoms with Crippen LogP contribution >= 0.6 is 0 Å². The van der Waals surface area contributed by atoms with Crippen LogP contribution in [0.5, 0.6) is 0 Å². The van der Waals surface area contributed by atoms with E-state index in [9.17, 15) is 14.4 Å². The summed E-state index contributed by atoms with van der Waals surface area (Å²) in [6.45, 7) is 6.60. The lowest BCUT2D eigenvalue weighted by molar-refractivity contribution is -0.167. The molecule has 0 rings (SSSR count). The number of ether oxygens (including phenoxy) is 3. The van der Waals surface area contributed by atoms with E-state index in [1.807, 2.05) is 0 Å². The standard InChI is InChI=1S/C74H136O6/c1-4-7-10-13-16-19-22-25-27-29-31-33-34-35-36-37-38-39-40-42-43-45-47-49-52-55-58-61-64-67-73(76)79-70-71(69-78-72(75)66-63-60-57-54-51-24-21-18-15-12-9-6-3)80-74(77)68-65-62-59-56-53-50-48-46-44-41-32-30-28-26-23-20-17-14-11-8-5-2/h7,10,16,19,25,27,31,33,71H,4-6,8-9,11-15,17-18,20-24,26,28-30,32,34-70H2,1-3H3/b10-7-,19-16-,27-25-,33-31-. The van der Waals surface area contributed by atoms with Crippen molar-refractivity contribution >= 4 is 17.9 Å². The van der Waals surface area contributed by atoms with Crippen LogP contribution in [0, 0.1) is 0 Å². The number of hydrogen-bond donors (Lipinski definition) is 0. The molecule has 0 fully saturated rings. The van der Waals surface area contributed by atoms with Crippen molar-refractivity contribution in [1.29, 1.82) is 0 Å². The predicted molar refractivity (Wildman–Crippen MR) is 349 cm³/mol. The van der Waals surface area contributed by atoms with Gasteiger partial charge in [0.2, 0.25) is 0 Å². The van der Waals surface area contributed by atoms with Gasteiger partial charge in [0.05, 0.1) is 0 Å². The molecule has 0 N–H and O–H groups in total. The summed E-state index contributed by atoms with van der Waals surface area (Å²) in [6.07, 6.45) is 87.2. The van der Waals surface area contributed by atoms with E-state index in [-0.39, 0.29) is 31.1 Å². The molecule has 0 aromatic carbocycles. The molecule has 0 saturated heterocycles. The maximum Gasteiger partial charge on any atom is 0.306 e. The van der Waals surface area contributed by atoms with Gasteiger partial charge in [-0.15, -0.1) is 0 Å². The fourth-order valence-electron chi connectivity index (χ4n) is 10.8. The summed E-state index contributed by atoms with van der Waals surface area (Å²) in [5, 5.41) is 0.